The van der Waals surface area contributed by atoms with Crippen molar-refractivity contribution in [1.82, 2.24) is 4.98 Å². The first-order valence-corrected chi connectivity index (χ1v) is 14.1. The van der Waals surface area contributed by atoms with Crippen LogP contribution in [0, 0.1) is 0 Å². The number of benzene rings is 7. The molecule has 0 radical (unpaired) electrons. The second-order valence-corrected chi connectivity index (χ2v) is 11.5. The molecule has 0 atom stereocenters. The van der Waals surface area contributed by atoms with E-state index in [1.165, 1.54) is 74.4 Å². The number of aromatic nitrogens is 1. The molecule has 2 heteroatoms. The quantitative estimate of drug-likeness (QED) is 0.210. The summed E-state index contributed by atoms with van der Waals surface area (Å²) in [6.45, 7) is 0. The third-order valence-corrected chi connectivity index (χ3v) is 9.36. The molecule has 1 nitrogen and oxygen atoms in total. The number of pyridine rings is 1. The first-order valence-electron chi connectivity index (χ1n) is 13.3. The Morgan fingerprint density at radius 1 is 0.436 bits per heavy atom. The topological polar surface area (TPSA) is 12.9 Å². The van der Waals surface area contributed by atoms with Crippen LogP contribution in [0.3, 0.4) is 0 Å². The van der Waals surface area contributed by atoms with Gasteiger partial charge in [-0.3, -0.25) is 4.98 Å². The van der Waals surface area contributed by atoms with E-state index in [2.05, 4.69) is 121 Å². The van der Waals surface area contributed by atoms with Crippen LogP contribution in [0.5, 0.6) is 0 Å². The Hall–Kier alpha value is -4.79. The third-order valence-electron chi connectivity index (χ3n) is 8.24. The lowest BCUT2D eigenvalue weighted by Gasteiger charge is -2.12. The third kappa shape index (κ3) is 3.04. The predicted molar refractivity (Wildman–Crippen MR) is 169 cm³/mol. The van der Waals surface area contributed by atoms with Crippen LogP contribution in [0.25, 0.3) is 85.6 Å². The average molecular weight is 512 g/mol. The van der Waals surface area contributed by atoms with Crippen molar-refractivity contribution in [3.63, 3.8) is 0 Å². The minimum absolute atomic E-state index is 1.03. The van der Waals surface area contributed by atoms with E-state index >= 15 is 0 Å². The van der Waals surface area contributed by atoms with Crippen molar-refractivity contribution >= 4 is 74.6 Å². The van der Waals surface area contributed by atoms with Crippen molar-refractivity contribution in [2.24, 2.45) is 0 Å². The molecule has 9 rings (SSSR count). The molecule has 0 aliphatic rings. The van der Waals surface area contributed by atoms with Gasteiger partial charge in [-0.1, -0.05) is 84.9 Å². The molecule has 0 fully saturated rings. The SMILES string of the molecule is c1ccc2c(c1)ccc1c(-c3ccc4ccc(-c5cc6cccc7sc8cccc5c8c67)cc4c3)nccc12. The summed E-state index contributed by atoms with van der Waals surface area (Å²) >= 11 is 1.89. The maximum atomic E-state index is 4.86. The fourth-order valence-electron chi connectivity index (χ4n) is 6.44. The number of hydrogen-bond donors (Lipinski definition) is 0. The molecule has 0 saturated heterocycles. The van der Waals surface area contributed by atoms with Gasteiger partial charge in [-0.05, 0) is 85.2 Å². The first kappa shape index (κ1) is 21.2. The van der Waals surface area contributed by atoms with E-state index in [0.717, 1.165) is 11.3 Å². The molecule has 0 spiro atoms. The van der Waals surface area contributed by atoms with Crippen molar-refractivity contribution in [2.75, 3.05) is 0 Å². The van der Waals surface area contributed by atoms with Crippen LogP contribution < -0.4 is 0 Å². The zero-order chi connectivity index (χ0) is 25.5. The second-order valence-electron chi connectivity index (χ2n) is 10.4. The normalized spacial score (nSPS) is 12.1. The largest absolute Gasteiger partial charge is 0.256 e. The molecule has 39 heavy (non-hydrogen) atoms. The fraction of sp³-hybridized carbons (Fsp3) is 0. The molecule has 2 heterocycles. The minimum atomic E-state index is 1.03. The molecule has 0 amide bonds. The minimum Gasteiger partial charge on any atom is -0.256 e. The van der Waals surface area contributed by atoms with Gasteiger partial charge in [0.05, 0.1) is 5.69 Å². The first-order chi connectivity index (χ1) is 19.3. The molecule has 180 valence electrons. The Labute approximate surface area is 228 Å². The van der Waals surface area contributed by atoms with E-state index in [1.807, 2.05) is 17.5 Å². The molecular formula is C37H21NS. The molecule has 0 aliphatic carbocycles. The number of rotatable bonds is 2. The van der Waals surface area contributed by atoms with E-state index in [1.54, 1.807) is 0 Å². The summed E-state index contributed by atoms with van der Waals surface area (Å²) < 4.78 is 2.72. The molecule has 7 aromatic carbocycles. The summed E-state index contributed by atoms with van der Waals surface area (Å²) in [7, 11) is 0. The van der Waals surface area contributed by atoms with Gasteiger partial charge >= 0.3 is 0 Å². The number of hydrogen-bond acceptors (Lipinski definition) is 2. The van der Waals surface area contributed by atoms with Gasteiger partial charge in [0.1, 0.15) is 0 Å². The molecular weight excluding hydrogens is 490 g/mol. The van der Waals surface area contributed by atoms with Crippen molar-refractivity contribution in [3.8, 4) is 22.4 Å². The Morgan fingerprint density at radius 3 is 2.13 bits per heavy atom. The highest BCUT2D eigenvalue weighted by molar-refractivity contribution is 7.26. The predicted octanol–water partition coefficient (Wildman–Crippen LogP) is 10.8. The molecule has 2 aromatic heterocycles. The monoisotopic (exact) mass is 511 g/mol. The summed E-state index contributed by atoms with van der Waals surface area (Å²) in [5, 5.41) is 12.9. The standard InChI is InChI=1S/C37H21NS/c1-2-7-28-23(5-1)15-16-31-29(28)17-18-38-37(31)26-14-12-22-11-13-24(19-27(22)20-26)32-21-25-6-3-9-33-35(25)36-30(32)8-4-10-34(36)39-33/h1-21H. The van der Waals surface area contributed by atoms with Crippen molar-refractivity contribution in [2.45, 2.75) is 0 Å². The molecule has 0 N–H and O–H groups in total. The van der Waals surface area contributed by atoms with Gasteiger partial charge in [-0.2, -0.15) is 0 Å². The van der Waals surface area contributed by atoms with Crippen LogP contribution in [0.4, 0.5) is 0 Å². The highest BCUT2D eigenvalue weighted by atomic mass is 32.1. The van der Waals surface area contributed by atoms with Crippen molar-refractivity contribution < 1.29 is 0 Å². The lowest BCUT2D eigenvalue weighted by molar-refractivity contribution is 1.36. The van der Waals surface area contributed by atoms with E-state index in [9.17, 15) is 0 Å². The zero-order valence-corrected chi connectivity index (χ0v) is 21.8. The molecule has 0 bridgehead atoms. The van der Waals surface area contributed by atoms with E-state index in [0.29, 0.717) is 0 Å². The van der Waals surface area contributed by atoms with Gasteiger partial charge in [0.15, 0.2) is 0 Å². The molecule has 9 aromatic rings. The number of nitrogens with zero attached hydrogens (tertiary/aromatic N) is 1. The van der Waals surface area contributed by atoms with Crippen molar-refractivity contribution in [1.29, 1.82) is 0 Å². The van der Waals surface area contributed by atoms with E-state index in [4.69, 9.17) is 4.98 Å². The Bertz CT molecular complexity index is 2390. The highest BCUT2D eigenvalue weighted by Gasteiger charge is 2.16. The summed E-state index contributed by atoms with van der Waals surface area (Å²) in [5.41, 5.74) is 4.71. The summed E-state index contributed by atoms with van der Waals surface area (Å²) in [6, 6.07) is 44.5. The summed E-state index contributed by atoms with van der Waals surface area (Å²) in [6.07, 6.45) is 1.94. The van der Waals surface area contributed by atoms with E-state index < -0.39 is 0 Å². The number of thiophene rings is 1. The Kier molecular flexibility index (Phi) is 4.27. The van der Waals surface area contributed by atoms with Gasteiger partial charge in [-0.15, -0.1) is 11.3 Å². The highest BCUT2D eigenvalue weighted by Crippen LogP contribution is 2.45. The Balaban J connectivity index is 1.26. The van der Waals surface area contributed by atoms with Crippen LogP contribution in [0.1, 0.15) is 0 Å². The van der Waals surface area contributed by atoms with Crippen LogP contribution in [0.2, 0.25) is 0 Å². The second kappa shape index (κ2) is 7.86. The van der Waals surface area contributed by atoms with Crippen LogP contribution in [-0.4, -0.2) is 4.98 Å². The van der Waals surface area contributed by atoms with Gasteiger partial charge in [0, 0.05) is 37.3 Å². The summed E-state index contributed by atoms with van der Waals surface area (Å²) in [4.78, 5) is 4.86. The maximum Gasteiger partial charge on any atom is 0.0780 e. The molecule has 0 unspecified atom stereocenters. The van der Waals surface area contributed by atoms with Crippen LogP contribution >= 0.6 is 11.3 Å². The lowest BCUT2D eigenvalue weighted by atomic mass is 9.91. The fourth-order valence-corrected chi connectivity index (χ4v) is 7.61. The Morgan fingerprint density at radius 2 is 1.18 bits per heavy atom. The molecule has 0 aliphatic heterocycles. The maximum absolute atomic E-state index is 4.86. The van der Waals surface area contributed by atoms with Crippen LogP contribution in [0.15, 0.2) is 128 Å². The van der Waals surface area contributed by atoms with Crippen molar-refractivity contribution in [3.05, 3.63) is 128 Å². The van der Waals surface area contributed by atoms with Gasteiger partial charge in [0.25, 0.3) is 0 Å². The van der Waals surface area contributed by atoms with Gasteiger partial charge in [-0.25, -0.2) is 0 Å². The van der Waals surface area contributed by atoms with Crippen LogP contribution in [-0.2, 0) is 0 Å². The number of fused-ring (bicyclic) bond motifs is 4. The summed E-state index contributed by atoms with van der Waals surface area (Å²) in [5.74, 6) is 0. The zero-order valence-electron chi connectivity index (χ0n) is 21.0. The van der Waals surface area contributed by atoms with Gasteiger partial charge in [0.2, 0.25) is 0 Å². The smallest absolute Gasteiger partial charge is 0.0780 e. The van der Waals surface area contributed by atoms with Gasteiger partial charge < -0.3 is 0 Å². The lowest BCUT2D eigenvalue weighted by Crippen LogP contribution is -1.88. The average Bonchev–Trinajstić information content (AvgIpc) is 3.39. The van der Waals surface area contributed by atoms with E-state index in [-0.39, 0.29) is 0 Å². The molecule has 0 saturated carbocycles.